The van der Waals surface area contributed by atoms with Crippen LogP contribution in [-0.2, 0) is 5.41 Å². The fourth-order valence-electron chi connectivity index (χ4n) is 10.6. The van der Waals surface area contributed by atoms with Crippen LogP contribution in [0.4, 0.5) is 0 Å². The van der Waals surface area contributed by atoms with Crippen molar-refractivity contribution >= 4 is 65.0 Å². The summed E-state index contributed by atoms with van der Waals surface area (Å²) in [4.78, 5) is 0. The fourth-order valence-corrected chi connectivity index (χ4v) is 10.6. The van der Waals surface area contributed by atoms with E-state index in [0.29, 0.717) is 0 Å². The van der Waals surface area contributed by atoms with Crippen LogP contribution in [-0.4, -0.2) is 0 Å². The maximum atomic E-state index is 6.24. The van der Waals surface area contributed by atoms with Crippen LogP contribution >= 0.6 is 0 Å². The fraction of sp³-hybridized carbons (Fsp3) is 0.0175. The van der Waals surface area contributed by atoms with Crippen LogP contribution < -0.4 is 0 Å². The molecule has 0 spiro atoms. The molecule has 58 heavy (non-hydrogen) atoms. The summed E-state index contributed by atoms with van der Waals surface area (Å²) in [5.41, 5.74) is 13.9. The van der Waals surface area contributed by atoms with E-state index in [0.717, 1.165) is 21.9 Å². The molecule has 0 saturated heterocycles. The van der Waals surface area contributed by atoms with Crippen molar-refractivity contribution in [2.24, 2.45) is 0 Å². The van der Waals surface area contributed by atoms with Crippen molar-refractivity contribution in [1.82, 2.24) is 0 Å². The van der Waals surface area contributed by atoms with Gasteiger partial charge in [0.25, 0.3) is 0 Å². The lowest BCUT2D eigenvalue weighted by Crippen LogP contribution is -2.28. The number of fused-ring (bicyclic) bond motifs is 8. The van der Waals surface area contributed by atoms with Crippen molar-refractivity contribution in [1.29, 1.82) is 0 Å². The van der Waals surface area contributed by atoms with Gasteiger partial charge in [-0.1, -0.05) is 170 Å². The van der Waals surface area contributed by atoms with E-state index < -0.39 is 5.41 Å². The minimum Gasteiger partial charge on any atom is -0.456 e. The Kier molecular flexibility index (Phi) is 6.43. The second-order valence-electron chi connectivity index (χ2n) is 15.9. The van der Waals surface area contributed by atoms with Crippen molar-refractivity contribution in [3.63, 3.8) is 0 Å². The number of hydrogen-bond donors (Lipinski definition) is 0. The smallest absolute Gasteiger partial charge is 0.135 e. The highest BCUT2D eigenvalue weighted by molar-refractivity contribution is 6.24. The van der Waals surface area contributed by atoms with Gasteiger partial charge in [0, 0.05) is 10.8 Å². The molecule has 0 atom stereocenters. The molecule has 268 valence electrons. The zero-order valence-electron chi connectivity index (χ0n) is 31.5. The number of benzene rings is 11. The van der Waals surface area contributed by atoms with Crippen molar-refractivity contribution in [2.75, 3.05) is 0 Å². The maximum absolute atomic E-state index is 6.24. The van der Waals surface area contributed by atoms with E-state index in [4.69, 9.17) is 4.42 Å². The van der Waals surface area contributed by atoms with Gasteiger partial charge in [-0.2, -0.15) is 0 Å². The first-order chi connectivity index (χ1) is 28.7. The first kappa shape index (κ1) is 31.7. The Bertz CT molecular complexity index is 3510. The van der Waals surface area contributed by atoms with Gasteiger partial charge in [-0.15, -0.1) is 0 Å². The van der Waals surface area contributed by atoms with Crippen LogP contribution in [0.15, 0.2) is 211 Å². The van der Waals surface area contributed by atoms with Gasteiger partial charge >= 0.3 is 0 Å². The predicted octanol–water partition coefficient (Wildman–Crippen LogP) is 15.3. The van der Waals surface area contributed by atoms with Crippen LogP contribution in [0.5, 0.6) is 0 Å². The van der Waals surface area contributed by atoms with Gasteiger partial charge in [0.15, 0.2) is 0 Å². The molecule has 1 aromatic heterocycles. The molecule has 11 aromatic carbocycles. The summed E-state index contributed by atoms with van der Waals surface area (Å²) in [6.07, 6.45) is 0. The standard InChI is InChI=1S/C57H34O/c1-3-13-42(14-4-1)57(43-15-5-2-6-16-43)50-28-25-37(41-31-39-23-21-35-11-9-12-36-22-24-40(32-41)55(39)54(35)36)33-49(50)56-47-19-10-18-44(45(47)27-29-51(56)57)38-26-30-53-48(34-38)46-17-7-8-20-52(46)58-53/h1-34H. The van der Waals surface area contributed by atoms with E-state index in [1.165, 1.54) is 98.7 Å². The van der Waals surface area contributed by atoms with Crippen LogP contribution in [0.1, 0.15) is 22.3 Å². The Morgan fingerprint density at radius 2 is 0.914 bits per heavy atom. The van der Waals surface area contributed by atoms with E-state index in [1.807, 2.05) is 6.07 Å². The zero-order chi connectivity index (χ0) is 38.0. The summed E-state index contributed by atoms with van der Waals surface area (Å²) >= 11 is 0. The van der Waals surface area contributed by atoms with Crippen LogP contribution in [0.25, 0.3) is 98.4 Å². The van der Waals surface area contributed by atoms with Gasteiger partial charge in [-0.3, -0.25) is 0 Å². The predicted molar refractivity (Wildman–Crippen MR) is 243 cm³/mol. The number of rotatable bonds is 4. The van der Waals surface area contributed by atoms with Gasteiger partial charge < -0.3 is 4.42 Å². The van der Waals surface area contributed by atoms with Crippen molar-refractivity contribution in [3.05, 3.63) is 229 Å². The van der Waals surface area contributed by atoms with E-state index in [1.54, 1.807) is 0 Å². The summed E-state index contributed by atoms with van der Waals surface area (Å²) in [6.45, 7) is 0. The third kappa shape index (κ3) is 4.25. The van der Waals surface area contributed by atoms with Crippen LogP contribution in [0, 0.1) is 0 Å². The molecule has 1 heteroatoms. The molecular weight excluding hydrogens is 701 g/mol. The molecule has 1 aliphatic carbocycles. The van der Waals surface area contributed by atoms with Crippen molar-refractivity contribution in [3.8, 4) is 33.4 Å². The van der Waals surface area contributed by atoms with Crippen molar-refractivity contribution < 1.29 is 4.42 Å². The summed E-state index contributed by atoms with van der Waals surface area (Å²) < 4.78 is 6.24. The Balaban J connectivity index is 1.09. The van der Waals surface area contributed by atoms with Crippen LogP contribution in [0.2, 0.25) is 0 Å². The van der Waals surface area contributed by atoms with Gasteiger partial charge in [-0.05, 0) is 135 Å². The zero-order valence-corrected chi connectivity index (χ0v) is 31.5. The number of hydrogen-bond acceptors (Lipinski definition) is 1. The lowest BCUT2D eigenvalue weighted by molar-refractivity contribution is 0.669. The van der Waals surface area contributed by atoms with E-state index in [9.17, 15) is 0 Å². The van der Waals surface area contributed by atoms with Gasteiger partial charge in [0.1, 0.15) is 11.2 Å². The lowest BCUT2D eigenvalue weighted by Gasteiger charge is -2.34. The summed E-state index contributed by atoms with van der Waals surface area (Å²) in [5.74, 6) is 0. The molecule has 0 fully saturated rings. The quantitative estimate of drug-likeness (QED) is 0.164. The number of furan rings is 1. The lowest BCUT2D eigenvalue weighted by atomic mass is 9.67. The topological polar surface area (TPSA) is 13.1 Å². The normalized spacial score (nSPS) is 13.3. The van der Waals surface area contributed by atoms with E-state index in [-0.39, 0.29) is 0 Å². The largest absolute Gasteiger partial charge is 0.456 e. The third-order valence-electron chi connectivity index (χ3n) is 13.1. The molecule has 1 heterocycles. The van der Waals surface area contributed by atoms with E-state index in [2.05, 4.69) is 200 Å². The average molecular weight is 735 g/mol. The third-order valence-corrected chi connectivity index (χ3v) is 13.1. The highest BCUT2D eigenvalue weighted by atomic mass is 16.3. The molecule has 13 rings (SSSR count). The SMILES string of the molecule is c1ccc(C2(c3ccccc3)c3ccc(-c4cc5ccc6cccc7ccc(c4)c5c67)cc3-c3c2ccc2c(-c4ccc5oc6ccccc6c5c4)cccc32)cc1. The molecule has 0 N–H and O–H groups in total. The highest BCUT2D eigenvalue weighted by Crippen LogP contribution is 2.59. The van der Waals surface area contributed by atoms with Gasteiger partial charge in [-0.25, -0.2) is 0 Å². The minimum absolute atomic E-state index is 0.502. The molecule has 0 unspecified atom stereocenters. The van der Waals surface area contributed by atoms with Gasteiger partial charge in [0.2, 0.25) is 0 Å². The van der Waals surface area contributed by atoms with Gasteiger partial charge in [0.05, 0.1) is 5.41 Å². The Morgan fingerprint density at radius 3 is 1.67 bits per heavy atom. The molecule has 12 aromatic rings. The second-order valence-corrected chi connectivity index (χ2v) is 15.9. The van der Waals surface area contributed by atoms with Crippen molar-refractivity contribution in [2.45, 2.75) is 5.41 Å². The molecule has 0 amide bonds. The summed E-state index contributed by atoms with van der Waals surface area (Å²) in [5, 5.41) is 12.6. The number of para-hydroxylation sites is 1. The van der Waals surface area contributed by atoms with E-state index >= 15 is 0 Å². The Labute approximate surface area is 335 Å². The second kappa shape index (κ2) is 11.8. The first-order valence-corrected chi connectivity index (χ1v) is 20.2. The summed E-state index contributed by atoms with van der Waals surface area (Å²) in [6, 6.07) is 76.6. The minimum atomic E-state index is -0.502. The molecule has 0 saturated carbocycles. The monoisotopic (exact) mass is 734 g/mol. The molecule has 0 aliphatic heterocycles. The van der Waals surface area contributed by atoms with Crippen LogP contribution in [0.3, 0.4) is 0 Å². The molecule has 0 bridgehead atoms. The molecule has 1 aliphatic rings. The molecule has 0 radical (unpaired) electrons. The molecule has 1 nitrogen and oxygen atoms in total. The Hall–Kier alpha value is -7.48. The maximum Gasteiger partial charge on any atom is 0.135 e. The average Bonchev–Trinajstić information content (AvgIpc) is 3.82. The highest BCUT2D eigenvalue weighted by Gasteiger charge is 2.46. The first-order valence-electron chi connectivity index (χ1n) is 20.2. The Morgan fingerprint density at radius 1 is 0.310 bits per heavy atom. The molecular formula is C57H34O. The summed E-state index contributed by atoms with van der Waals surface area (Å²) in [7, 11) is 0.